The summed E-state index contributed by atoms with van der Waals surface area (Å²) in [5, 5.41) is 2.95. The number of anilines is 1. The lowest BCUT2D eigenvalue weighted by Gasteiger charge is -2.23. The van der Waals surface area contributed by atoms with Crippen molar-refractivity contribution in [2.24, 2.45) is 0 Å². The van der Waals surface area contributed by atoms with Crippen molar-refractivity contribution in [2.45, 2.75) is 45.1 Å². The molecule has 2 aromatic rings. The summed E-state index contributed by atoms with van der Waals surface area (Å²) in [6, 6.07) is 12.5. The molecule has 0 aromatic heterocycles. The lowest BCUT2D eigenvalue weighted by molar-refractivity contribution is 0.0951. The Hall–Kier alpha value is -2.58. The Balaban J connectivity index is 1.89. The van der Waals surface area contributed by atoms with Crippen LogP contribution in [0, 0.1) is 0 Å². The number of nitrogens with zero attached hydrogens (tertiary/aromatic N) is 2. The molecule has 8 heteroatoms. The van der Waals surface area contributed by atoms with E-state index in [9.17, 15) is 13.2 Å². The molecule has 1 amide bonds. The van der Waals surface area contributed by atoms with Crippen molar-refractivity contribution in [3.63, 3.8) is 0 Å². The molecule has 32 heavy (non-hydrogen) atoms. The molecule has 1 heterocycles. The second kappa shape index (κ2) is 10.8. The van der Waals surface area contributed by atoms with E-state index in [2.05, 4.69) is 10.2 Å². The van der Waals surface area contributed by atoms with Crippen LogP contribution in [0.4, 0.5) is 5.69 Å². The number of hydrogen-bond acceptors (Lipinski definition) is 5. The zero-order chi connectivity index (χ0) is 23.1. The van der Waals surface area contributed by atoms with Crippen LogP contribution in [0.5, 0.6) is 5.75 Å². The van der Waals surface area contributed by atoms with E-state index >= 15 is 0 Å². The average Bonchev–Trinajstić information content (AvgIpc) is 3.33. The van der Waals surface area contributed by atoms with Crippen LogP contribution in [0.3, 0.4) is 0 Å². The van der Waals surface area contributed by atoms with Gasteiger partial charge in [0, 0.05) is 38.4 Å². The third kappa shape index (κ3) is 5.42. The van der Waals surface area contributed by atoms with Crippen molar-refractivity contribution in [3.05, 3.63) is 53.6 Å². The summed E-state index contributed by atoms with van der Waals surface area (Å²) >= 11 is 0. The first-order chi connectivity index (χ1) is 15.4. The van der Waals surface area contributed by atoms with E-state index < -0.39 is 10.0 Å². The fraction of sp³-hybridized carbons (Fsp3) is 0.458. The number of nitrogens with one attached hydrogen (secondary N) is 1. The fourth-order valence-corrected chi connectivity index (χ4v) is 5.48. The monoisotopic (exact) mass is 459 g/mol. The maximum absolute atomic E-state index is 13.2. The number of ether oxygens (including phenoxy) is 1. The number of benzene rings is 2. The quantitative estimate of drug-likeness (QED) is 0.587. The van der Waals surface area contributed by atoms with Crippen molar-refractivity contribution in [3.8, 4) is 5.75 Å². The van der Waals surface area contributed by atoms with E-state index in [1.165, 1.54) is 10.4 Å². The van der Waals surface area contributed by atoms with Crippen LogP contribution in [-0.4, -0.2) is 51.4 Å². The highest BCUT2D eigenvalue weighted by molar-refractivity contribution is 7.89. The largest absolute Gasteiger partial charge is 0.494 e. The minimum absolute atomic E-state index is 0.146. The van der Waals surface area contributed by atoms with E-state index in [1.54, 1.807) is 12.1 Å². The maximum atomic E-state index is 13.2. The molecule has 0 atom stereocenters. The van der Waals surface area contributed by atoms with Crippen LogP contribution in [0.15, 0.2) is 47.4 Å². The Labute approximate surface area is 191 Å². The van der Waals surface area contributed by atoms with Gasteiger partial charge < -0.3 is 15.0 Å². The molecule has 0 aliphatic carbocycles. The predicted octanol–water partition coefficient (Wildman–Crippen LogP) is 3.65. The third-order valence-corrected chi connectivity index (χ3v) is 7.71. The van der Waals surface area contributed by atoms with E-state index in [-0.39, 0.29) is 10.8 Å². The first-order valence-electron chi connectivity index (χ1n) is 11.3. The molecule has 1 N–H and O–H groups in total. The highest BCUT2D eigenvalue weighted by atomic mass is 32.2. The van der Waals surface area contributed by atoms with Crippen molar-refractivity contribution < 1.29 is 17.9 Å². The lowest BCUT2D eigenvalue weighted by Crippen LogP contribution is -2.32. The average molecular weight is 460 g/mol. The van der Waals surface area contributed by atoms with Crippen LogP contribution in [0.25, 0.3) is 0 Å². The SMILES string of the molecule is CCOc1cccc(CNC(=O)c2cc(S(=O)(=O)N(CC)CC)ccc2N2CCCC2)c1. The number of hydrogen-bond donors (Lipinski definition) is 1. The van der Waals surface area contributed by atoms with E-state index in [1.807, 2.05) is 45.0 Å². The summed E-state index contributed by atoms with van der Waals surface area (Å²) in [7, 11) is -3.66. The van der Waals surface area contributed by atoms with E-state index in [0.29, 0.717) is 31.8 Å². The van der Waals surface area contributed by atoms with E-state index in [0.717, 1.165) is 42.9 Å². The lowest BCUT2D eigenvalue weighted by atomic mass is 10.1. The first-order valence-corrected chi connectivity index (χ1v) is 12.7. The Kier molecular flexibility index (Phi) is 8.15. The van der Waals surface area contributed by atoms with Gasteiger partial charge >= 0.3 is 0 Å². The third-order valence-electron chi connectivity index (χ3n) is 5.67. The molecule has 1 aliphatic heterocycles. The number of rotatable bonds is 10. The number of carbonyl (C=O) groups excluding carboxylic acids is 1. The minimum Gasteiger partial charge on any atom is -0.494 e. The van der Waals surface area contributed by atoms with Gasteiger partial charge in [0.2, 0.25) is 10.0 Å². The molecule has 0 radical (unpaired) electrons. The fourth-order valence-electron chi connectivity index (χ4n) is 3.99. The van der Waals surface area contributed by atoms with Crippen molar-refractivity contribution in [2.75, 3.05) is 37.7 Å². The number of sulfonamides is 1. The summed E-state index contributed by atoms with van der Waals surface area (Å²) in [5.41, 5.74) is 2.08. The number of amides is 1. The normalized spacial score (nSPS) is 14.1. The number of carbonyl (C=O) groups is 1. The van der Waals surface area contributed by atoms with Crippen molar-refractivity contribution >= 4 is 21.6 Å². The Morgan fingerprint density at radius 1 is 1.06 bits per heavy atom. The molecule has 2 aromatic carbocycles. The second-order valence-electron chi connectivity index (χ2n) is 7.73. The maximum Gasteiger partial charge on any atom is 0.253 e. The summed E-state index contributed by atoms with van der Waals surface area (Å²) in [6.07, 6.45) is 2.12. The van der Waals surface area contributed by atoms with Crippen LogP contribution in [0.1, 0.15) is 49.5 Å². The van der Waals surface area contributed by atoms with Crippen LogP contribution >= 0.6 is 0 Å². The smallest absolute Gasteiger partial charge is 0.253 e. The van der Waals surface area contributed by atoms with Crippen molar-refractivity contribution in [1.29, 1.82) is 0 Å². The van der Waals surface area contributed by atoms with Gasteiger partial charge in [-0.1, -0.05) is 26.0 Å². The standard InChI is InChI=1S/C24H33N3O4S/c1-4-27(5-2)32(29,30)21-12-13-23(26-14-7-8-15-26)22(17-21)24(28)25-18-19-10-9-11-20(16-19)31-6-3/h9-13,16-17H,4-8,14-15,18H2,1-3H3,(H,25,28). The van der Waals surface area contributed by atoms with Crippen LogP contribution in [0.2, 0.25) is 0 Å². The van der Waals surface area contributed by atoms with Gasteiger partial charge in [0.1, 0.15) is 5.75 Å². The van der Waals surface area contributed by atoms with Gasteiger partial charge in [-0.2, -0.15) is 4.31 Å². The molecule has 0 saturated carbocycles. The second-order valence-corrected chi connectivity index (χ2v) is 9.66. The Bertz CT molecular complexity index is 1030. The molecule has 0 unspecified atom stereocenters. The highest BCUT2D eigenvalue weighted by Gasteiger charge is 2.26. The molecule has 1 saturated heterocycles. The van der Waals surface area contributed by atoms with Crippen molar-refractivity contribution in [1.82, 2.24) is 9.62 Å². The molecule has 174 valence electrons. The summed E-state index contributed by atoms with van der Waals surface area (Å²) in [4.78, 5) is 15.5. The molecule has 3 rings (SSSR count). The van der Waals surface area contributed by atoms with E-state index in [4.69, 9.17) is 4.74 Å². The van der Waals surface area contributed by atoms with Crippen LogP contribution < -0.4 is 15.0 Å². The zero-order valence-corrected chi connectivity index (χ0v) is 20.0. The highest BCUT2D eigenvalue weighted by Crippen LogP contribution is 2.28. The molecular weight excluding hydrogens is 426 g/mol. The molecule has 7 nitrogen and oxygen atoms in total. The van der Waals surface area contributed by atoms with Gasteiger partial charge in [0.15, 0.2) is 0 Å². The zero-order valence-electron chi connectivity index (χ0n) is 19.1. The topological polar surface area (TPSA) is 78.9 Å². The van der Waals surface area contributed by atoms with Crippen LogP contribution in [-0.2, 0) is 16.6 Å². The summed E-state index contributed by atoms with van der Waals surface area (Å²) < 4.78 is 33.0. The van der Waals surface area contributed by atoms with Gasteiger partial charge in [0.25, 0.3) is 5.91 Å². The first kappa shape index (κ1) is 24.1. The molecule has 0 bridgehead atoms. The van der Waals surface area contributed by atoms with Gasteiger partial charge in [-0.05, 0) is 55.7 Å². The van der Waals surface area contributed by atoms with Gasteiger partial charge in [-0.25, -0.2) is 8.42 Å². The Morgan fingerprint density at radius 3 is 2.44 bits per heavy atom. The molecule has 1 aliphatic rings. The molecular formula is C24H33N3O4S. The minimum atomic E-state index is -3.66. The van der Waals surface area contributed by atoms with Gasteiger partial charge in [-0.3, -0.25) is 4.79 Å². The molecule has 0 spiro atoms. The molecule has 1 fully saturated rings. The summed E-state index contributed by atoms with van der Waals surface area (Å²) in [5.74, 6) is 0.467. The van der Waals surface area contributed by atoms with Gasteiger partial charge in [-0.15, -0.1) is 0 Å². The van der Waals surface area contributed by atoms with Gasteiger partial charge in [0.05, 0.1) is 17.1 Å². The summed E-state index contributed by atoms with van der Waals surface area (Å²) in [6.45, 7) is 8.92. The predicted molar refractivity (Wildman–Crippen MR) is 127 cm³/mol. The Morgan fingerprint density at radius 2 is 1.78 bits per heavy atom.